The van der Waals surface area contributed by atoms with Gasteiger partial charge in [0, 0.05) is 31.3 Å². The SMILES string of the molecule is Cc1ccc2cc(C#N)c(N3CCC(=O)CC3)nc2c1. The van der Waals surface area contributed by atoms with Gasteiger partial charge in [-0.1, -0.05) is 12.1 Å². The topological polar surface area (TPSA) is 57.0 Å². The Balaban J connectivity index is 2.09. The van der Waals surface area contributed by atoms with Gasteiger partial charge in [-0.3, -0.25) is 4.79 Å². The lowest BCUT2D eigenvalue weighted by atomic mass is 10.1. The van der Waals surface area contributed by atoms with Crippen molar-refractivity contribution < 1.29 is 4.79 Å². The smallest absolute Gasteiger partial charge is 0.147 e. The zero-order valence-electron chi connectivity index (χ0n) is 11.4. The predicted octanol–water partition coefficient (Wildman–Crippen LogP) is 2.58. The Hall–Kier alpha value is -2.41. The average molecular weight is 265 g/mol. The molecule has 1 aromatic heterocycles. The number of Topliss-reactive ketones (excluding diaryl/α,β-unsaturated/α-hetero) is 1. The van der Waals surface area contributed by atoms with Crippen molar-refractivity contribution in [2.24, 2.45) is 0 Å². The summed E-state index contributed by atoms with van der Waals surface area (Å²) < 4.78 is 0. The Labute approximate surface area is 117 Å². The number of aryl methyl sites for hydroxylation is 1. The molecule has 4 heteroatoms. The second-order valence-electron chi connectivity index (χ2n) is 5.19. The normalized spacial score (nSPS) is 15.4. The predicted molar refractivity (Wildman–Crippen MR) is 77.6 cm³/mol. The Kier molecular flexibility index (Phi) is 3.11. The molecule has 1 aliphatic rings. The number of benzene rings is 1. The van der Waals surface area contributed by atoms with Gasteiger partial charge in [-0.2, -0.15) is 5.26 Å². The molecule has 0 N–H and O–H groups in total. The summed E-state index contributed by atoms with van der Waals surface area (Å²) in [5.74, 6) is 0.995. The minimum atomic E-state index is 0.288. The minimum Gasteiger partial charge on any atom is -0.355 e. The Bertz CT molecular complexity index is 720. The molecule has 0 bridgehead atoms. The number of fused-ring (bicyclic) bond motifs is 1. The van der Waals surface area contributed by atoms with Crippen molar-refractivity contribution in [1.29, 1.82) is 5.26 Å². The van der Waals surface area contributed by atoms with E-state index in [0.717, 1.165) is 16.5 Å². The van der Waals surface area contributed by atoms with E-state index in [4.69, 9.17) is 0 Å². The number of pyridine rings is 1. The van der Waals surface area contributed by atoms with Gasteiger partial charge in [0.05, 0.1) is 11.1 Å². The molecule has 0 saturated carbocycles. The van der Waals surface area contributed by atoms with Gasteiger partial charge in [-0.15, -0.1) is 0 Å². The average Bonchev–Trinajstić information content (AvgIpc) is 2.46. The first-order valence-corrected chi connectivity index (χ1v) is 6.75. The Morgan fingerprint density at radius 1 is 1.25 bits per heavy atom. The van der Waals surface area contributed by atoms with E-state index < -0.39 is 0 Å². The Morgan fingerprint density at radius 2 is 2.00 bits per heavy atom. The van der Waals surface area contributed by atoms with Gasteiger partial charge in [-0.05, 0) is 24.6 Å². The molecule has 0 atom stereocenters. The van der Waals surface area contributed by atoms with Gasteiger partial charge in [0.25, 0.3) is 0 Å². The van der Waals surface area contributed by atoms with Crippen LogP contribution in [0.25, 0.3) is 10.9 Å². The number of aromatic nitrogens is 1. The number of carbonyl (C=O) groups excluding carboxylic acids is 1. The summed E-state index contributed by atoms with van der Waals surface area (Å²) in [6, 6.07) is 10.1. The minimum absolute atomic E-state index is 0.288. The van der Waals surface area contributed by atoms with Crippen LogP contribution in [0.15, 0.2) is 24.3 Å². The maximum Gasteiger partial charge on any atom is 0.147 e. The number of ketones is 1. The van der Waals surface area contributed by atoms with Gasteiger partial charge in [0.1, 0.15) is 17.7 Å². The summed E-state index contributed by atoms with van der Waals surface area (Å²) in [6.07, 6.45) is 1.08. The van der Waals surface area contributed by atoms with Crippen LogP contribution in [0.4, 0.5) is 5.82 Å². The zero-order valence-corrected chi connectivity index (χ0v) is 11.4. The van der Waals surface area contributed by atoms with E-state index >= 15 is 0 Å². The molecule has 4 nitrogen and oxygen atoms in total. The molecule has 0 radical (unpaired) electrons. The summed E-state index contributed by atoms with van der Waals surface area (Å²) in [6.45, 7) is 3.33. The monoisotopic (exact) mass is 265 g/mol. The van der Waals surface area contributed by atoms with Gasteiger partial charge >= 0.3 is 0 Å². The third-order valence-electron chi connectivity index (χ3n) is 3.69. The van der Waals surface area contributed by atoms with Gasteiger partial charge in [-0.25, -0.2) is 4.98 Å². The summed E-state index contributed by atoms with van der Waals surface area (Å²) in [4.78, 5) is 18.0. The highest BCUT2D eigenvalue weighted by Crippen LogP contribution is 2.25. The molecule has 1 aromatic carbocycles. The quantitative estimate of drug-likeness (QED) is 0.795. The number of nitriles is 1. The molecular weight excluding hydrogens is 250 g/mol. The molecule has 0 aliphatic carbocycles. The van der Waals surface area contributed by atoms with Crippen LogP contribution in [0.2, 0.25) is 0 Å². The van der Waals surface area contributed by atoms with Crippen molar-refractivity contribution in [2.45, 2.75) is 19.8 Å². The van der Waals surface area contributed by atoms with Crippen LogP contribution >= 0.6 is 0 Å². The second-order valence-corrected chi connectivity index (χ2v) is 5.19. The number of hydrogen-bond acceptors (Lipinski definition) is 4. The molecule has 20 heavy (non-hydrogen) atoms. The molecule has 1 aliphatic heterocycles. The highest BCUT2D eigenvalue weighted by atomic mass is 16.1. The standard InChI is InChI=1S/C16H15N3O/c1-11-2-3-12-9-13(10-17)16(18-15(12)8-11)19-6-4-14(20)5-7-19/h2-3,8-9H,4-7H2,1H3. The Morgan fingerprint density at radius 3 is 2.70 bits per heavy atom. The van der Waals surface area contributed by atoms with Crippen molar-refractivity contribution in [1.82, 2.24) is 4.98 Å². The molecule has 2 aromatic rings. The third kappa shape index (κ3) is 2.23. The molecule has 1 saturated heterocycles. The highest BCUT2D eigenvalue weighted by molar-refractivity contribution is 5.85. The number of hydrogen-bond donors (Lipinski definition) is 0. The number of piperidine rings is 1. The van der Waals surface area contributed by atoms with Gasteiger partial charge in [0.2, 0.25) is 0 Å². The highest BCUT2D eigenvalue weighted by Gasteiger charge is 2.20. The summed E-state index contributed by atoms with van der Waals surface area (Å²) >= 11 is 0. The van der Waals surface area contributed by atoms with Crippen LogP contribution in [-0.2, 0) is 4.79 Å². The summed E-state index contributed by atoms with van der Waals surface area (Å²) in [7, 11) is 0. The van der Waals surface area contributed by atoms with Crippen molar-refractivity contribution >= 4 is 22.5 Å². The largest absolute Gasteiger partial charge is 0.355 e. The van der Waals surface area contributed by atoms with Crippen LogP contribution in [0.3, 0.4) is 0 Å². The number of anilines is 1. The first-order valence-electron chi connectivity index (χ1n) is 6.75. The van der Waals surface area contributed by atoms with E-state index in [0.29, 0.717) is 37.3 Å². The second kappa shape index (κ2) is 4.93. The lowest BCUT2D eigenvalue weighted by Crippen LogP contribution is -2.34. The van der Waals surface area contributed by atoms with E-state index in [-0.39, 0.29) is 5.78 Å². The lowest BCUT2D eigenvalue weighted by molar-refractivity contribution is -0.119. The molecule has 0 unspecified atom stereocenters. The van der Waals surface area contributed by atoms with E-state index in [1.54, 1.807) is 0 Å². The number of rotatable bonds is 1. The van der Waals surface area contributed by atoms with E-state index in [2.05, 4.69) is 11.1 Å². The van der Waals surface area contributed by atoms with Crippen LogP contribution in [-0.4, -0.2) is 23.9 Å². The molecule has 100 valence electrons. The molecule has 1 fully saturated rings. The number of carbonyl (C=O) groups is 1. The fraction of sp³-hybridized carbons (Fsp3) is 0.312. The van der Waals surface area contributed by atoms with Gasteiger partial charge in [0.15, 0.2) is 0 Å². The fourth-order valence-corrected chi connectivity index (χ4v) is 2.56. The maximum absolute atomic E-state index is 11.3. The fourth-order valence-electron chi connectivity index (χ4n) is 2.56. The van der Waals surface area contributed by atoms with Crippen molar-refractivity contribution in [3.63, 3.8) is 0 Å². The van der Waals surface area contributed by atoms with Crippen molar-refractivity contribution in [3.8, 4) is 6.07 Å². The van der Waals surface area contributed by atoms with Crippen LogP contribution < -0.4 is 4.90 Å². The van der Waals surface area contributed by atoms with Crippen molar-refractivity contribution in [3.05, 3.63) is 35.4 Å². The summed E-state index contributed by atoms with van der Waals surface area (Å²) in [5.41, 5.74) is 2.63. The lowest BCUT2D eigenvalue weighted by Gasteiger charge is -2.28. The number of nitrogens with zero attached hydrogens (tertiary/aromatic N) is 3. The molecule has 3 rings (SSSR count). The molecular formula is C16H15N3O. The molecule has 2 heterocycles. The zero-order chi connectivity index (χ0) is 14.1. The third-order valence-corrected chi connectivity index (χ3v) is 3.69. The van der Waals surface area contributed by atoms with Crippen LogP contribution in [0.1, 0.15) is 24.0 Å². The van der Waals surface area contributed by atoms with E-state index in [1.807, 2.05) is 36.1 Å². The van der Waals surface area contributed by atoms with Crippen LogP contribution in [0, 0.1) is 18.3 Å². The van der Waals surface area contributed by atoms with Crippen LogP contribution in [0.5, 0.6) is 0 Å². The van der Waals surface area contributed by atoms with Gasteiger partial charge < -0.3 is 4.90 Å². The van der Waals surface area contributed by atoms with E-state index in [1.165, 1.54) is 0 Å². The first kappa shape index (κ1) is 12.6. The molecule has 0 amide bonds. The summed E-state index contributed by atoms with van der Waals surface area (Å²) in [5, 5.41) is 10.3. The van der Waals surface area contributed by atoms with E-state index in [9.17, 15) is 10.1 Å². The molecule has 0 spiro atoms. The first-order chi connectivity index (χ1) is 9.67. The maximum atomic E-state index is 11.3. The van der Waals surface area contributed by atoms with Crippen molar-refractivity contribution in [2.75, 3.05) is 18.0 Å².